The van der Waals surface area contributed by atoms with Crippen molar-refractivity contribution in [3.05, 3.63) is 59.4 Å². The second-order valence-electron chi connectivity index (χ2n) is 6.01. The average molecular weight is 329 g/mol. The van der Waals surface area contributed by atoms with Crippen molar-refractivity contribution in [1.82, 2.24) is 5.32 Å². The molecule has 0 aromatic heterocycles. The van der Waals surface area contributed by atoms with E-state index in [1.807, 2.05) is 18.2 Å². The van der Waals surface area contributed by atoms with Crippen molar-refractivity contribution >= 4 is 5.91 Å². The van der Waals surface area contributed by atoms with Crippen LogP contribution in [0.15, 0.2) is 42.5 Å². The smallest absolute Gasteiger partial charge is 0.254 e. The van der Waals surface area contributed by atoms with Crippen LogP contribution in [0.5, 0.6) is 11.5 Å². The maximum absolute atomic E-state index is 13.7. The highest BCUT2D eigenvalue weighted by molar-refractivity contribution is 5.94. The van der Waals surface area contributed by atoms with Crippen LogP contribution in [0.25, 0.3) is 0 Å². The first-order chi connectivity index (χ1) is 11.6. The highest BCUT2D eigenvalue weighted by Gasteiger charge is 2.44. The van der Waals surface area contributed by atoms with Gasteiger partial charge in [0, 0.05) is 12.0 Å². The van der Waals surface area contributed by atoms with Gasteiger partial charge in [-0.05, 0) is 42.7 Å². The molecular formula is C19H20FNO3. The molecule has 1 saturated carbocycles. The molecule has 0 radical (unpaired) electrons. The SMILES string of the molecule is COc1ccc(C2(CNC(=O)c3ccccc3F)CC2)cc1OC. The molecular weight excluding hydrogens is 309 g/mol. The van der Waals surface area contributed by atoms with E-state index >= 15 is 0 Å². The van der Waals surface area contributed by atoms with E-state index in [-0.39, 0.29) is 16.9 Å². The number of benzene rings is 2. The minimum atomic E-state index is -0.508. The van der Waals surface area contributed by atoms with Crippen LogP contribution in [-0.4, -0.2) is 26.7 Å². The summed E-state index contributed by atoms with van der Waals surface area (Å²) < 4.78 is 24.3. The van der Waals surface area contributed by atoms with Crippen LogP contribution in [0.4, 0.5) is 4.39 Å². The normalized spacial score (nSPS) is 14.8. The Balaban J connectivity index is 1.73. The lowest BCUT2D eigenvalue weighted by atomic mass is 9.95. The number of methoxy groups -OCH3 is 2. The maximum atomic E-state index is 13.7. The van der Waals surface area contributed by atoms with Crippen LogP contribution in [-0.2, 0) is 5.41 Å². The summed E-state index contributed by atoms with van der Waals surface area (Å²) in [5.41, 5.74) is 1.05. The van der Waals surface area contributed by atoms with Crippen LogP contribution in [0.2, 0.25) is 0 Å². The topological polar surface area (TPSA) is 47.6 Å². The highest BCUT2D eigenvalue weighted by Crippen LogP contribution is 2.49. The first-order valence-electron chi connectivity index (χ1n) is 7.85. The summed E-state index contributed by atoms with van der Waals surface area (Å²) >= 11 is 0. The Labute approximate surface area is 140 Å². The fourth-order valence-corrected chi connectivity index (χ4v) is 2.87. The Hall–Kier alpha value is -2.56. The first-order valence-corrected chi connectivity index (χ1v) is 7.85. The van der Waals surface area contributed by atoms with Crippen LogP contribution < -0.4 is 14.8 Å². The lowest BCUT2D eigenvalue weighted by Crippen LogP contribution is -2.32. The molecule has 0 unspecified atom stereocenters. The number of ether oxygens (including phenoxy) is 2. The Morgan fingerprint density at radius 1 is 1.12 bits per heavy atom. The Bertz CT molecular complexity index is 756. The molecule has 1 aliphatic rings. The quantitative estimate of drug-likeness (QED) is 0.884. The largest absolute Gasteiger partial charge is 0.493 e. The van der Waals surface area contributed by atoms with Gasteiger partial charge in [-0.15, -0.1) is 0 Å². The van der Waals surface area contributed by atoms with Gasteiger partial charge in [-0.1, -0.05) is 18.2 Å². The second-order valence-corrected chi connectivity index (χ2v) is 6.01. The summed E-state index contributed by atoms with van der Waals surface area (Å²) in [6, 6.07) is 11.8. The molecule has 0 aliphatic heterocycles. The van der Waals surface area contributed by atoms with Gasteiger partial charge in [-0.25, -0.2) is 4.39 Å². The predicted molar refractivity (Wildman–Crippen MR) is 89.2 cm³/mol. The van der Waals surface area contributed by atoms with E-state index in [0.29, 0.717) is 18.0 Å². The van der Waals surface area contributed by atoms with Crippen LogP contribution in [0.1, 0.15) is 28.8 Å². The van der Waals surface area contributed by atoms with Gasteiger partial charge in [-0.2, -0.15) is 0 Å². The van der Waals surface area contributed by atoms with Crippen molar-refractivity contribution in [2.75, 3.05) is 20.8 Å². The third-order valence-corrected chi connectivity index (χ3v) is 4.56. The van der Waals surface area contributed by atoms with Crippen molar-refractivity contribution in [1.29, 1.82) is 0 Å². The zero-order valence-electron chi connectivity index (χ0n) is 13.8. The molecule has 3 rings (SSSR count). The van der Waals surface area contributed by atoms with Gasteiger partial charge < -0.3 is 14.8 Å². The maximum Gasteiger partial charge on any atom is 0.254 e. The molecule has 4 nitrogen and oxygen atoms in total. The van der Waals surface area contributed by atoms with Gasteiger partial charge in [0.05, 0.1) is 19.8 Å². The van der Waals surface area contributed by atoms with Crippen LogP contribution in [0, 0.1) is 5.82 Å². The van der Waals surface area contributed by atoms with E-state index in [0.717, 1.165) is 18.4 Å². The van der Waals surface area contributed by atoms with E-state index in [4.69, 9.17) is 9.47 Å². The van der Waals surface area contributed by atoms with Gasteiger partial charge in [0.2, 0.25) is 0 Å². The molecule has 0 atom stereocenters. The van der Waals surface area contributed by atoms with Crippen LogP contribution in [0.3, 0.4) is 0 Å². The first kappa shape index (κ1) is 16.3. The molecule has 0 spiro atoms. The molecule has 24 heavy (non-hydrogen) atoms. The number of hydrogen-bond acceptors (Lipinski definition) is 3. The Morgan fingerprint density at radius 2 is 1.83 bits per heavy atom. The lowest BCUT2D eigenvalue weighted by Gasteiger charge is -2.18. The summed E-state index contributed by atoms with van der Waals surface area (Å²) in [4.78, 5) is 12.2. The van der Waals surface area contributed by atoms with Gasteiger partial charge in [0.15, 0.2) is 11.5 Å². The fraction of sp³-hybridized carbons (Fsp3) is 0.316. The zero-order chi connectivity index (χ0) is 17.2. The number of halogens is 1. The zero-order valence-corrected chi connectivity index (χ0v) is 13.8. The third kappa shape index (κ3) is 3.07. The molecule has 0 saturated heterocycles. The number of amides is 1. The monoisotopic (exact) mass is 329 g/mol. The summed E-state index contributed by atoms with van der Waals surface area (Å²) in [5, 5.41) is 2.86. The van der Waals surface area contributed by atoms with Gasteiger partial charge in [0.1, 0.15) is 5.82 Å². The summed E-state index contributed by atoms with van der Waals surface area (Å²) in [6.07, 6.45) is 1.94. The van der Waals surface area contributed by atoms with E-state index < -0.39 is 5.82 Å². The summed E-state index contributed by atoms with van der Waals surface area (Å²) in [7, 11) is 3.19. The number of carbonyl (C=O) groups is 1. The van der Waals surface area contributed by atoms with E-state index in [2.05, 4.69) is 5.32 Å². The standard InChI is InChI=1S/C19H20FNO3/c1-23-16-8-7-13(11-17(16)24-2)19(9-10-19)12-21-18(22)14-5-3-4-6-15(14)20/h3-8,11H,9-10,12H2,1-2H3,(H,21,22). The molecule has 1 aliphatic carbocycles. The van der Waals surface area contributed by atoms with Crippen molar-refractivity contribution < 1.29 is 18.7 Å². The Morgan fingerprint density at radius 3 is 2.46 bits per heavy atom. The van der Waals surface area contributed by atoms with Gasteiger partial charge >= 0.3 is 0 Å². The van der Waals surface area contributed by atoms with Crippen LogP contribution >= 0.6 is 0 Å². The minimum Gasteiger partial charge on any atom is -0.493 e. The molecule has 5 heteroatoms. The molecule has 0 bridgehead atoms. The van der Waals surface area contributed by atoms with Gasteiger partial charge in [-0.3, -0.25) is 4.79 Å². The van der Waals surface area contributed by atoms with Crippen molar-refractivity contribution in [2.45, 2.75) is 18.3 Å². The number of rotatable bonds is 6. The fourth-order valence-electron chi connectivity index (χ4n) is 2.87. The highest BCUT2D eigenvalue weighted by atomic mass is 19.1. The minimum absolute atomic E-state index is 0.0700. The second kappa shape index (κ2) is 6.51. The number of hydrogen-bond donors (Lipinski definition) is 1. The predicted octanol–water partition coefficient (Wildman–Crippen LogP) is 3.30. The van der Waals surface area contributed by atoms with Crippen molar-refractivity contribution in [2.24, 2.45) is 0 Å². The van der Waals surface area contributed by atoms with Crippen molar-refractivity contribution in [3.63, 3.8) is 0 Å². The average Bonchev–Trinajstić information content (AvgIpc) is 3.40. The molecule has 126 valence electrons. The third-order valence-electron chi connectivity index (χ3n) is 4.56. The van der Waals surface area contributed by atoms with Gasteiger partial charge in [0.25, 0.3) is 5.91 Å². The molecule has 2 aromatic carbocycles. The Kier molecular flexibility index (Phi) is 4.42. The number of nitrogens with one attached hydrogen (secondary N) is 1. The van der Waals surface area contributed by atoms with E-state index in [1.165, 1.54) is 12.1 Å². The molecule has 1 fully saturated rings. The molecule has 1 amide bonds. The van der Waals surface area contributed by atoms with Crippen molar-refractivity contribution in [3.8, 4) is 11.5 Å². The molecule has 1 N–H and O–H groups in total. The summed E-state index contributed by atoms with van der Waals surface area (Å²) in [5.74, 6) is 0.444. The van der Waals surface area contributed by atoms with E-state index in [9.17, 15) is 9.18 Å². The summed E-state index contributed by atoms with van der Waals surface area (Å²) in [6.45, 7) is 0.468. The number of carbonyl (C=O) groups excluding carboxylic acids is 1. The molecule has 0 heterocycles. The molecule has 2 aromatic rings. The lowest BCUT2D eigenvalue weighted by molar-refractivity contribution is 0.0945. The van der Waals surface area contributed by atoms with E-state index in [1.54, 1.807) is 26.4 Å².